The van der Waals surface area contributed by atoms with Crippen molar-refractivity contribution in [2.45, 2.75) is 118 Å². The van der Waals surface area contributed by atoms with Crippen LogP contribution in [0, 0.1) is 11.8 Å². The number of halogens is 3. The van der Waals surface area contributed by atoms with Crippen LogP contribution in [-0.2, 0) is 35.3 Å². The average Bonchev–Trinajstić information content (AvgIpc) is 4.14. The number of hydrogen-bond donors (Lipinski definition) is 2. The summed E-state index contributed by atoms with van der Waals surface area (Å²) in [6, 6.07) is 1.25. The number of nitrogens with one attached hydrogen (secondary N) is 2. The standard InChI is InChI=1S/C41H51F3N6O9S/c1-23(2)21-58-37(54)46-28-12-10-8-6-7-9-11-24-18-40(24,36(53)50-39(15-16-39)60(50,55)56)47-34(51)30-20-38(22-49(30)35(28)52)19-29(48(3)4)31-26-17-25(57-5)13-14-27(26)45-33(32(31)59-38)41(42,43)44/h9,11,13-14,17,23-24,28-30H,6-8,10,12,15-16,18-22H2,1-5H3,(H,46,54)(H,47,51)/b11-9-/t24-,28+,29+,30+,38-,40-,50?/m1/s1. The number of methoxy groups -OCH3 is 1. The number of carbonyl (C=O) groups excluding carboxylic acids is 4. The van der Waals surface area contributed by atoms with Crippen LogP contribution in [0.3, 0.4) is 0 Å². The molecule has 0 radical (unpaired) electrons. The Labute approximate surface area is 346 Å². The van der Waals surface area contributed by atoms with Gasteiger partial charge < -0.3 is 34.6 Å². The minimum Gasteiger partial charge on any atom is -0.497 e. The highest BCUT2D eigenvalue weighted by atomic mass is 32.2. The number of allylic oxidation sites excluding steroid dienone is 1. The number of aromatic nitrogens is 1. The zero-order chi connectivity index (χ0) is 43.2. The van der Waals surface area contributed by atoms with E-state index in [-0.39, 0.29) is 55.8 Å². The number of nitrogens with zero attached hydrogens (tertiary/aromatic N) is 4. The van der Waals surface area contributed by atoms with Gasteiger partial charge in [-0.15, -0.1) is 0 Å². The third-order valence-corrected chi connectivity index (χ3v) is 15.2. The van der Waals surface area contributed by atoms with Crippen LogP contribution in [0.4, 0.5) is 18.0 Å². The lowest BCUT2D eigenvalue weighted by Gasteiger charge is -2.43. The summed E-state index contributed by atoms with van der Waals surface area (Å²) < 4.78 is 89.3. The zero-order valence-electron chi connectivity index (χ0n) is 34.3. The second kappa shape index (κ2) is 14.8. The molecular formula is C41H51F3N6O9S. The monoisotopic (exact) mass is 860 g/mol. The normalized spacial score (nSPS) is 31.0. The number of rotatable bonds is 6. The Kier molecular flexibility index (Phi) is 10.4. The molecule has 2 aromatic rings. The van der Waals surface area contributed by atoms with Crippen molar-refractivity contribution in [3.05, 3.63) is 41.6 Å². The van der Waals surface area contributed by atoms with Crippen LogP contribution >= 0.6 is 0 Å². The van der Waals surface area contributed by atoms with Gasteiger partial charge in [0.2, 0.25) is 11.8 Å². The maximum absolute atomic E-state index is 15.0. The Morgan fingerprint density at radius 3 is 2.52 bits per heavy atom. The van der Waals surface area contributed by atoms with Gasteiger partial charge in [0.1, 0.15) is 29.0 Å². The van der Waals surface area contributed by atoms with Crippen LogP contribution in [0.5, 0.6) is 11.5 Å². The summed E-state index contributed by atoms with van der Waals surface area (Å²) in [7, 11) is 1.01. The molecule has 4 aliphatic heterocycles. The molecule has 4 fully saturated rings. The van der Waals surface area contributed by atoms with E-state index in [9.17, 15) is 27.6 Å². The van der Waals surface area contributed by atoms with Crippen molar-refractivity contribution in [2.75, 3.05) is 34.4 Å². The SMILES string of the molecule is COc1ccc2nc(C(F)(F)F)c3c(c2c1)[C@@H](N(C)C)C[C@]1(C[C@H]2C(=O)N[C@]4(C(=O)N5C6(CC6)S5(=O)=O)C[C@H]4/C=C\CCCCC[C@H](NC(=O)OCC(C)C)C(=O)N2C1)O3. The summed E-state index contributed by atoms with van der Waals surface area (Å²) in [6.45, 7) is 3.44. The molecule has 5 heterocycles. The van der Waals surface area contributed by atoms with E-state index in [0.717, 1.165) is 4.31 Å². The molecule has 0 unspecified atom stereocenters. The van der Waals surface area contributed by atoms with Gasteiger partial charge in [-0.05, 0) is 76.7 Å². The predicted octanol–water partition coefficient (Wildman–Crippen LogP) is 4.80. The van der Waals surface area contributed by atoms with Crippen molar-refractivity contribution in [3.8, 4) is 11.5 Å². The van der Waals surface area contributed by atoms with Crippen LogP contribution in [0.1, 0.15) is 95.4 Å². The maximum atomic E-state index is 15.0. The van der Waals surface area contributed by atoms with E-state index >= 15 is 13.2 Å². The Balaban J connectivity index is 1.21. The molecule has 1 aromatic heterocycles. The molecule has 6 aliphatic rings. The van der Waals surface area contributed by atoms with Crippen molar-refractivity contribution in [1.82, 2.24) is 29.7 Å². The van der Waals surface area contributed by atoms with Gasteiger partial charge in [0.05, 0.1) is 25.8 Å². The van der Waals surface area contributed by atoms with E-state index in [2.05, 4.69) is 15.6 Å². The Morgan fingerprint density at radius 2 is 1.87 bits per heavy atom. The third kappa shape index (κ3) is 7.11. The van der Waals surface area contributed by atoms with Gasteiger partial charge in [-0.3, -0.25) is 14.4 Å². The Morgan fingerprint density at radius 1 is 1.12 bits per heavy atom. The van der Waals surface area contributed by atoms with E-state index in [1.807, 2.05) is 26.0 Å². The molecular weight excluding hydrogens is 810 g/mol. The highest BCUT2D eigenvalue weighted by Crippen LogP contribution is 2.65. The van der Waals surface area contributed by atoms with Crippen LogP contribution < -0.4 is 20.1 Å². The van der Waals surface area contributed by atoms with Gasteiger partial charge in [0, 0.05) is 35.8 Å². The van der Waals surface area contributed by atoms with Gasteiger partial charge in [0.25, 0.3) is 15.9 Å². The fourth-order valence-electron chi connectivity index (χ4n) is 9.36. The van der Waals surface area contributed by atoms with E-state index in [4.69, 9.17) is 14.2 Å². The summed E-state index contributed by atoms with van der Waals surface area (Å²) in [5.41, 5.74) is -4.18. The zero-order valence-corrected chi connectivity index (χ0v) is 35.1. The number of pyridine rings is 1. The van der Waals surface area contributed by atoms with Gasteiger partial charge in [0.15, 0.2) is 16.3 Å². The third-order valence-electron chi connectivity index (χ3n) is 12.8. The van der Waals surface area contributed by atoms with Crippen molar-refractivity contribution < 1.29 is 55.0 Å². The Bertz CT molecular complexity index is 2270. The number of amides is 4. The average molecular weight is 861 g/mol. The van der Waals surface area contributed by atoms with Gasteiger partial charge in [-0.2, -0.15) is 13.2 Å². The number of sulfonamides is 1. The first kappa shape index (κ1) is 42.1. The minimum absolute atomic E-state index is 0.00207. The molecule has 8 rings (SSSR count). The summed E-state index contributed by atoms with van der Waals surface area (Å²) in [5.74, 6) is -2.88. The predicted molar refractivity (Wildman–Crippen MR) is 210 cm³/mol. The van der Waals surface area contributed by atoms with E-state index in [1.165, 1.54) is 24.1 Å². The van der Waals surface area contributed by atoms with Crippen molar-refractivity contribution >= 4 is 44.7 Å². The molecule has 326 valence electrons. The highest BCUT2D eigenvalue weighted by Gasteiger charge is 2.83. The molecule has 6 atom stereocenters. The first-order valence-corrected chi connectivity index (χ1v) is 22.0. The molecule has 15 nitrogen and oxygen atoms in total. The number of alkyl carbamates (subject to hydrolysis) is 1. The van der Waals surface area contributed by atoms with Crippen molar-refractivity contribution in [3.63, 3.8) is 0 Å². The molecule has 2 saturated heterocycles. The molecule has 2 N–H and O–H groups in total. The number of carbonyl (C=O) groups is 4. The number of hydrogen-bond acceptors (Lipinski definition) is 11. The van der Waals surface area contributed by atoms with Gasteiger partial charge >= 0.3 is 12.3 Å². The topological polar surface area (TPSA) is 177 Å². The molecule has 2 saturated carbocycles. The quantitative estimate of drug-likeness (QED) is 0.302. The van der Waals surface area contributed by atoms with Crippen LogP contribution in [0.15, 0.2) is 30.4 Å². The van der Waals surface area contributed by atoms with Crippen LogP contribution in [-0.4, -0.2) is 114 Å². The lowest BCUT2D eigenvalue weighted by Crippen LogP contribution is -2.57. The van der Waals surface area contributed by atoms with Gasteiger partial charge in [-0.25, -0.2) is 22.5 Å². The van der Waals surface area contributed by atoms with E-state index < -0.39 is 91.5 Å². The largest absolute Gasteiger partial charge is 0.497 e. The minimum atomic E-state index is -4.96. The van der Waals surface area contributed by atoms with Crippen molar-refractivity contribution in [1.29, 1.82) is 0 Å². The fraction of sp³-hybridized carbons (Fsp3) is 0.634. The summed E-state index contributed by atoms with van der Waals surface area (Å²) in [6.07, 6.45) is 1.08. The van der Waals surface area contributed by atoms with Crippen LogP contribution in [0.25, 0.3) is 10.9 Å². The van der Waals surface area contributed by atoms with Crippen LogP contribution in [0.2, 0.25) is 0 Å². The lowest BCUT2D eigenvalue weighted by atomic mass is 9.83. The highest BCUT2D eigenvalue weighted by molar-refractivity contribution is 7.98. The second-order valence-corrected chi connectivity index (χ2v) is 19.9. The Hall–Kier alpha value is -4.65. The first-order chi connectivity index (χ1) is 28.3. The molecule has 2 spiro atoms. The molecule has 2 aliphatic carbocycles. The number of fused-ring (bicyclic) bond motifs is 5. The van der Waals surface area contributed by atoms with Crippen molar-refractivity contribution in [2.24, 2.45) is 11.8 Å². The molecule has 4 amide bonds. The number of alkyl halides is 3. The van der Waals surface area contributed by atoms with Gasteiger partial charge in [-0.1, -0.05) is 38.8 Å². The van der Waals surface area contributed by atoms with E-state index in [0.29, 0.717) is 49.7 Å². The number of benzene rings is 1. The summed E-state index contributed by atoms with van der Waals surface area (Å²) in [5, 5.41) is 5.93. The summed E-state index contributed by atoms with van der Waals surface area (Å²) in [4.78, 5) is 62.8. The molecule has 0 bridgehead atoms. The first-order valence-electron chi connectivity index (χ1n) is 20.5. The fourth-order valence-corrected chi connectivity index (χ4v) is 11.4. The molecule has 60 heavy (non-hydrogen) atoms. The molecule has 19 heteroatoms. The molecule has 1 aromatic carbocycles. The maximum Gasteiger partial charge on any atom is 0.437 e. The second-order valence-electron chi connectivity index (χ2n) is 17.8. The smallest absolute Gasteiger partial charge is 0.437 e. The lowest BCUT2D eigenvalue weighted by molar-refractivity contribution is -0.145. The van der Waals surface area contributed by atoms with E-state index in [1.54, 1.807) is 25.1 Å². The number of ether oxygens (including phenoxy) is 3. The summed E-state index contributed by atoms with van der Waals surface area (Å²) >= 11 is 0.